The Hall–Kier alpha value is -4.92. The summed E-state index contributed by atoms with van der Waals surface area (Å²) in [6, 6.07) is 46.6. The molecule has 2 heteroatoms. The van der Waals surface area contributed by atoms with Crippen molar-refractivity contribution < 1.29 is 4.42 Å². The van der Waals surface area contributed by atoms with Gasteiger partial charge in [-0.1, -0.05) is 97.1 Å². The van der Waals surface area contributed by atoms with Gasteiger partial charge in [0.05, 0.1) is 6.26 Å². The van der Waals surface area contributed by atoms with Crippen LogP contribution >= 0.6 is 11.3 Å². The minimum atomic E-state index is 0.942. The summed E-state index contributed by atoms with van der Waals surface area (Å²) >= 11 is 1.86. The van der Waals surface area contributed by atoms with E-state index in [0.717, 1.165) is 5.58 Å². The zero-order valence-electron chi connectivity index (χ0n) is 21.5. The normalized spacial score (nSPS) is 12.0. The SMILES string of the molecule is c1ccc2cc(-c3c4ccccc4c(-c4ccc5c(c4)sc4ccc6occc6c45)c4ccccc34)ccc2c1. The highest BCUT2D eigenvalue weighted by Gasteiger charge is 2.18. The van der Waals surface area contributed by atoms with Gasteiger partial charge in [-0.2, -0.15) is 0 Å². The Kier molecular flexibility index (Phi) is 4.55. The highest BCUT2D eigenvalue weighted by molar-refractivity contribution is 7.26. The molecule has 0 aliphatic carbocycles. The van der Waals surface area contributed by atoms with E-state index in [2.05, 4.69) is 127 Å². The molecular weight excluding hydrogens is 504 g/mol. The van der Waals surface area contributed by atoms with Crippen LogP contribution in [0, 0.1) is 0 Å². The maximum atomic E-state index is 5.71. The predicted octanol–water partition coefficient (Wildman–Crippen LogP) is 11.6. The van der Waals surface area contributed by atoms with E-state index in [0.29, 0.717) is 0 Å². The standard InChI is InChI=1S/C38H22OS/c1-2-8-24-21-25(14-13-23(24)7-1)36-27-9-3-5-11-29(27)37(30-12-6-4-10-28(30)36)26-15-16-32-35(22-26)40-34-18-17-33-31(38(32)34)19-20-39-33/h1-22H. The molecule has 0 atom stereocenters. The summed E-state index contributed by atoms with van der Waals surface area (Å²) in [5.74, 6) is 0. The number of fused-ring (bicyclic) bond motifs is 8. The summed E-state index contributed by atoms with van der Waals surface area (Å²) in [6.45, 7) is 0. The summed E-state index contributed by atoms with van der Waals surface area (Å²) in [6.07, 6.45) is 1.79. The first-order chi connectivity index (χ1) is 19.8. The number of hydrogen-bond acceptors (Lipinski definition) is 2. The second-order valence-electron chi connectivity index (χ2n) is 10.5. The third kappa shape index (κ3) is 3.08. The summed E-state index contributed by atoms with van der Waals surface area (Å²) in [7, 11) is 0. The van der Waals surface area contributed by atoms with Gasteiger partial charge in [0.15, 0.2) is 0 Å². The summed E-state index contributed by atoms with van der Waals surface area (Å²) in [5.41, 5.74) is 6.04. The molecule has 0 aliphatic heterocycles. The zero-order chi connectivity index (χ0) is 26.2. The summed E-state index contributed by atoms with van der Waals surface area (Å²) in [5, 5.41) is 11.4. The van der Waals surface area contributed by atoms with Crippen molar-refractivity contribution in [3.05, 3.63) is 134 Å². The Bertz CT molecular complexity index is 2380. The van der Waals surface area contributed by atoms with E-state index >= 15 is 0 Å². The molecule has 9 rings (SSSR count). The number of benzene rings is 7. The molecule has 0 unspecified atom stereocenters. The van der Waals surface area contributed by atoms with Crippen LogP contribution < -0.4 is 0 Å². The average molecular weight is 527 g/mol. The molecule has 0 bridgehead atoms. The van der Waals surface area contributed by atoms with Crippen LogP contribution in [-0.4, -0.2) is 0 Å². The van der Waals surface area contributed by atoms with Crippen molar-refractivity contribution >= 4 is 74.8 Å². The molecule has 0 amide bonds. The monoisotopic (exact) mass is 526 g/mol. The minimum absolute atomic E-state index is 0.942. The van der Waals surface area contributed by atoms with Crippen molar-refractivity contribution in [1.82, 2.24) is 0 Å². The molecule has 0 spiro atoms. The molecule has 7 aromatic carbocycles. The van der Waals surface area contributed by atoms with Gasteiger partial charge in [0.1, 0.15) is 5.58 Å². The molecule has 0 saturated heterocycles. The van der Waals surface area contributed by atoms with Gasteiger partial charge in [-0.25, -0.2) is 0 Å². The van der Waals surface area contributed by atoms with Crippen LogP contribution in [0.5, 0.6) is 0 Å². The minimum Gasteiger partial charge on any atom is -0.464 e. The Labute approximate surface area is 234 Å². The number of hydrogen-bond donors (Lipinski definition) is 0. The quantitative estimate of drug-likeness (QED) is 0.204. The van der Waals surface area contributed by atoms with Gasteiger partial charge in [-0.05, 0) is 84.9 Å². The van der Waals surface area contributed by atoms with E-state index in [-0.39, 0.29) is 0 Å². The molecule has 2 heterocycles. The average Bonchev–Trinajstić information content (AvgIpc) is 3.63. The van der Waals surface area contributed by atoms with Crippen LogP contribution in [0.3, 0.4) is 0 Å². The van der Waals surface area contributed by atoms with Gasteiger partial charge >= 0.3 is 0 Å². The highest BCUT2D eigenvalue weighted by Crippen LogP contribution is 2.46. The Morgan fingerprint density at radius 3 is 1.77 bits per heavy atom. The van der Waals surface area contributed by atoms with Crippen LogP contribution in [0.2, 0.25) is 0 Å². The van der Waals surface area contributed by atoms with E-state index in [4.69, 9.17) is 4.42 Å². The van der Waals surface area contributed by atoms with Crippen molar-refractivity contribution in [2.24, 2.45) is 0 Å². The Morgan fingerprint density at radius 2 is 1.05 bits per heavy atom. The predicted molar refractivity (Wildman–Crippen MR) is 172 cm³/mol. The van der Waals surface area contributed by atoms with Crippen molar-refractivity contribution in [2.45, 2.75) is 0 Å². The fourth-order valence-electron chi connectivity index (χ4n) is 6.57. The molecule has 1 nitrogen and oxygen atoms in total. The third-order valence-corrected chi connectivity index (χ3v) is 9.44. The Morgan fingerprint density at radius 1 is 0.425 bits per heavy atom. The van der Waals surface area contributed by atoms with Crippen LogP contribution in [0.1, 0.15) is 0 Å². The lowest BCUT2D eigenvalue weighted by Crippen LogP contribution is -1.90. The van der Waals surface area contributed by atoms with Gasteiger partial charge in [-0.3, -0.25) is 0 Å². The Balaban J connectivity index is 1.36. The lowest BCUT2D eigenvalue weighted by atomic mass is 9.85. The van der Waals surface area contributed by atoms with Crippen LogP contribution in [0.15, 0.2) is 138 Å². The van der Waals surface area contributed by atoms with E-state index in [9.17, 15) is 0 Å². The van der Waals surface area contributed by atoms with E-state index in [1.807, 2.05) is 11.3 Å². The lowest BCUT2D eigenvalue weighted by Gasteiger charge is -2.18. The smallest absolute Gasteiger partial charge is 0.134 e. The molecule has 40 heavy (non-hydrogen) atoms. The molecule has 9 aromatic rings. The van der Waals surface area contributed by atoms with E-state index in [1.165, 1.54) is 80.1 Å². The largest absolute Gasteiger partial charge is 0.464 e. The highest BCUT2D eigenvalue weighted by atomic mass is 32.1. The molecule has 0 aliphatic rings. The van der Waals surface area contributed by atoms with Gasteiger partial charge in [-0.15, -0.1) is 11.3 Å². The number of thiophene rings is 1. The fraction of sp³-hybridized carbons (Fsp3) is 0. The van der Waals surface area contributed by atoms with Crippen molar-refractivity contribution in [3.63, 3.8) is 0 Å². The first-order valence-corrected chi connectivity index (χ1v) is 14.4. The molecule has 186 valence electrons. The van der Waals surface area contributed by atoms with Crippen LogP contribution in [0.4, 0.5) is 0 Å². The number of rotatable bonds is 2. The maximum absolute atomic E-state index is 5.71. The van der Waals surface area contributed by atoms with E-state index < -0.39 is 0 Å². The molecular formula is C38H22OS. The fourth-order valence-corrected chi connectivity index (χ4v) is 7.73. The molecule has 0 fully saturated rings. The molecule has 0 N–H and O–H groups in total. The zero-order valence-corrected chi connectivity index (χ0v) is 22.3. The first kappa shape index (κ1) is 22.0. The maximum Gasteiger partial charge on any atom is 0.134 e. The number of furan rings is 1. The van der Waals surface area contributed by atoms with Crippen LogP contribution in [-0.2, 0) is 0 Å². The van der Waals surface area contributed by atoms with Gasteiger partial charge in [0, 0.05) is 25.6 Å². The van der Waals surface area contributed by atoms with Gasteiger partial charge < -0.3 is 4.42 Å². The van der Waals surface area contributed by atoms with Crippen LogP contribution in [0.25, 0.3) is 85.7 Å². The second-order valence-corrected chi connectivity index (χ2v) is 11.6. The summed E-state index contributed by atoms with van der Waals surface area (Å²) in [4.78, 5) is 0. The lowest BCUT2D eigenvalue weighted by molar-refractivity contribution is 0.616. The van der Waals surface area contributed by atoms with Gasteiger partial charge in [0.25, 0.3) is 0 Å². The van der Waals surface area contributed by atoms with E-state index in [1.54, 1.807) is 6.26 Å². The third-order valence-electron chi connectivity index (χ3n) is 8.33. The second kappa shape index (κ2) is 8.29. The summed E-state index contributed by atoms with van der Waals surface area (Å²) < 4.78 is 8.30. The molecule has 0 saturated carbocycles. The van der Waals surface area contributed by atoms with Crippen molar-refractivity contribution in [2.75, 3.05) is 0 Å². The van der Waals surface area contributed by atoms with Crippen molar-refractivity contribution in [1.29, 1.82) is 0 Å². The molecule has 0 radical (unpaired) electrons. The molecule has 2 aromatic heterocycles. The topological polar surface area (TPSA) is 13.1 Å². The van der Waals surface area contributed by atoms with Gasteiger partial charge in [0.2, 0.25) is 0 Å². The van der Waals surface area contributed by atoms with Crippen molar-refractivity contribution in [3.8, 4) is 22.3 Å². The first-order valence-electron chi connectivity index (χ1n) is 13.6.